The van der Waals surface area contributed by atoms with E-state index in [0.717, 1.165) is 32.0 Å². The Balaban J connectivity index is 0.00000243. The van der Waals surface area contributed by atoms with Crippen LogP contribution in [0.2, 0.25) is 0 Å². The minimum absolute atomic E-state index is 0. The molecule has 0 saturated carbocycles. The molecule has 2 heterocycles. The molecule has 1 atom stereocenters. The van der Waals surface area contributed by atoms with Crippen molar-refractivity contribution in [2.24, 2.45) is 4.99 Å². The number of imide groups is 1. The third-order valence-corrected chi connectivity index (χ3v) is 4.62. The SMILES string of the molecule is CCNC(=NCCN1C(=O)CNC1=O)N1CCC(c2ccccc2)C1.I. The molecule has 0 spiro atoms. The monoisotopic (exact) mass is 471 g/mol. The Labute approximate surface area is 171 Å². The minimum Gasteiger partial charge on any atom is -0.357 e. The van der Waals surface area contributed by atoms with E-state index in [1.54, 1.807) is 0 Å². The number of carbonyl (C=O) groups excluding carboxylic acids is 2. The van der Waals surface area contributed by atoms with Crippen LogP contribution in [0.4, 0.5) is 4.79 Å². The van der Waals surface area contributed by atoms with Gasteiger partial charge in [-0.05, 0) is 18.9 Å². The molecule has 1 aromatic carbocycles. The Morgan fingerprint density at radius 2 is 2.08 bits per heavy atom. The van der Waals surface area contributed by atoms with E-state index in [1.807, 2.05) is 13.0 Å². The fourth-order valence-corrected chi connectivity index (χ4v) is 3.31. The highest BCUT2D eigenvalue weighted by molar-refractivity contribution is 14.0. The molecule has 0 bridgehead atoms. The van der Waals surface area contributed by atoms with Crippen LogP contribution in [-0.4, -0.2) is 67.0 Å². The molecule has 0 aliphatic carbocycles. The van der Waals surface area contributed by atoms with Crippen LogP contribution in [0.3, 0.4) is 0 Å². The molecule has 1 aromatic rings. The molecule has 3 amide bonds. The Morgan fingerprint density at radius 1 is 1.31 bits per heavy atom. The highest BCUT2D eigenvalue weighted by Crippen LogP contribution is 2.26. The molecule has 7 nitrogen and oxygen atoms in total. The number of aliphatic imine (C=N–C) groups is 1. The van der Waals surface area contributed by atoms with Gasteiger partial charge in [0.15, 0.2) is 5.96 Å². The number of hydrogen-bond donors (Lipinski definition) is 2. The van der Waals surface area contributed by atoms with E-state index < -0.39 is 0 Å². The van der Waals surface area contributed by atoms with Crippen LogP contribution in [0.15, 0.2) is 35.3 Å². The van der Waals surface area contributed by atoms with Crippen LogP contribution in [0, 0.1) is 0 Å². The molecule has 142 valence electrons. The summed E-state index contributed by atoms with van der Waals surface area (Å²) in [7, 11) is 0. The molecular weight excluding hydrogens is 445 g/mol. The summed E-state index contributed by atoms with van der Waals surface area (Å²) in [5.74, 6) is 1.18. The van der Waals surface area contributed by atoms with Crippen molar-refractivity contribution in [2.45, 2.75) is 19.3 Å². The Bertz CT molecular complexity index is 636. The third kappa shape index (κ3) is 4.87. The predicted molar refractivity (Wildman–Crippen MR) is 112 cm³/mol. The zero-order valence-electron chi connectivity index (χ0n) is 15.0. The number of hydrogen-bond acceptors (Lipinski definition) is 3. The molecular formula is C18H26IN5O2. The Morgan fingerprint density at radius 3 is 2.73 bits per heavy atom. The average molecular weight is 471 g/mol. The third-order valence-electron chi connectivity index (χ3n) is 4.62. The first-order valence-corrected chi connectivity index (χ1v) is 8.85. The average Bonchev–Trinajstić information content (AvgIpc) is 3.24. The highest BCUT2D eigenvalue weighted by atomic mass is 127. The molecule has 1 unspecified atom stereocenters. The maximum Gasteiger partial charge on any atom is 0.324 e. The topological polar surface area (TPSA) is 77.0 Å². The number of rotatable bonds is 5. The van der Waals surface area contributed by atoms with Gasteiger partial charge in [0.1, 0.15) is 0 Å². The van der Waals surface area contributed by atoms with E-state index in [1.165, 1.54) is 10.5 Å². The zero-order chi connectivity index (χ0) is 17.6. The first kappa shape index (κ1) is 20.5. The molecule has 0 radical (unpaired) electrons. The number of halogens is 1. The number of nitrogens with zero attached hydrogens (tertiary/aromatic N) is 3. The van der Waals surface area contributed by atoms with Crippen LogP contribution in [0.25, 0.3) is 0 Å². The molecule has 8 heteroatoms. The molecule has 2 aliphatic heterocycles. The predicted octanol–water partition coefficient (Wildman–Crippen LogP) is 1.61. The molecule has 0 aromatic heterocycles. The number of benzene rings is 1. The summed E-state index contributed by atoms with van der Waals surface area (Å²) < 4.78 is 0. The maximum atomic E-state index is 11.6. The lowest BCUT2D eigenvalue weighted by molar-refractivity contribution is -0.124. The van der Waals surface area contributed by atoms with E-state index in [2.05, 4.69) is 44.8 Å². The van der Waals surface area contributed by atoms with Crippen molar-refractivity contribution in [1.29, 1.82) is 0 Å². The second-order valence-electron chi connectivity index (χ2n) is 6.28. The van der Waals surface area contributed by atoms with Gasteiger partial charge in [-0.1, -0.05) is 30.3 Å². The normalized spacial score (nSPS) is 20.2. The van der Waals surface area contributed by atoms with Gasteiger partial charge in [-0.2, -0.15) is 0 Å². The van der Waals surface area contributed by atoms with Crippen LogP contribution in [0.1, 0.15) is 24.8 Å². The number of urea groups is 1. The largest absolute Gasteiger partial charge is 0.357 e. The van der Waals surface area contributed by atoms with E-state index in [0.29, 0.717) is 19.0 Å². The molecule has 2 saturated heterocycles. The van der Waals surface area contributed by atoms with Crippen LogP contribution >= 0.6 is 24.0 Å². The molecule has 3 rings (SSSR count). The summed E-state index contributed by atoms with van der Waals surface area (Å²) in [6, 6.07) is 10.2. The van der Waals surface area contributed by atoms with Crippen LogP contribution in [0.5, 0.6) is 0 Å². The maximum absolute atomic E-state index is 11.6. The van der Waals surface area contributed by atoms with Gasteiger partial charge in [0.2, 0.25) is 5.91 Å². The van der Waals surface area contributed by atoms with Gasteiger partial charge in [0.25, 0.3) is 0 Å². The van der Waals surface area contributed by atoms with Gasteiger partial charge < -0.3 is 15.5 Å². The Hall–Kier alpha value is -1.84. The summed E-state index contributed by atoms with van der Waals surface area (Å²) in [5, 5.41) is 5.84. The van der Waals surface area contributed by atoms with Crippen molar-refractivity contribution < 1.29 is 9.59 Å². The first-order valence-electron chi connectivity index (χ1n) is 8.85. The second-order valence-corrected chi connectivity index (χ2v) is 6.28. The van der Waals surface area contributed by atoms with Gasteiger partial charge >= 0.3 is 6.03 Å². The van der Waals surface area contributed by atoms with Crippen LogP contribution in [-0.2, 0) is 4.79 Å². The lowest BCUT2D eigenvalue weighted by Gasteiger charge is -2.22. The zero-order valence-corrected chi connectivity index (χ0v) is 17.3. The lowest BCUT2D eigenvalue weighted by atomic mass is 9.99. The van der Waals surface area contributed by atoms with Crippen molar-refractivity contribution >= 4 is 41.9 Å². The van der Waals surface area contributed by atoms with Crippen LogP contribution < -0.4 is 10.6 Å². The van der Waals surface area contributed by atoms with Gasteiger partial charge in [-0.3, -0.25) is 14.7 Å². The number of carbonyl (C=O) groups is 2. The minimum atomic E-state index is -0.324. The fraction of sp³-hybridized carbons (Fsp3) is 0.500. The quantitative estimate of drug-likeness (QED) is 0.296. The van der Waals surface area contributed by atoms with E-state index >= 15 is 0 Å². The number of guanidine groups is 1. The number of nitrogens with one attached hydrogen (secondary N) is 2. The van der Waals surface area contributed by atoms with Crippen molar-refractivity contribution in [2.75, 3.05) is 39.3 Å². The molecule has 26 heavy (non-hydrogen) atoms. The van der Waals surface area contributed by atoms with Gasteiger partial charge in [-0.15, -0.1) is 24.0 Å². The van der Waals surface area contributed by atoms with Gasteiger partial charge in [0, 0.05) is 25.6 Å². The number of amides is 3. The summed E-state index contributed by atoms with van der Waals surface area (Å²) in [6.07, 6.45) is 1.10. The summed E-state index contributed by atoms with van der Waals surface area (Å²) >= 11 is 0. The van der Waals surface area contributed by atoms with Crippen molar-refractivity contribution in [3.8, 4) is 0 Å². The fourth-order valence-electron chi connectivity index (χ4n) is 3.31. The van der Waals surface area contributed by atoms with E-state index in [4.69, 9.17) is 0 Å². The van der Waals surface area contributed by atoms with Crippen molar-refractivity contribution in [1.82, 2.24) is 20.4 Å². The lowest BCUT2D eigenvalue weighted by Crippen LogP contribution is -2.41. The second kappa shape index (κ2) is 9.75. The first-order chi connectivity index (χ1) is 12.2. The Kier molecular flexibility index (Phi) is 7.67. The molecule has 2 N–H and O–H groups in total. The van der Waals surface area contributed by atoms with E-state index in [-0.39, 0.29) is 42.5 Å². The highest BCUT2D eigenvalue weighted by Gasteiger charge is 2.28. The molecule has 2 aliphatic rings. The summed E-state index contributed by atoms with van der Waals surface area (Å²) in [6.45, 7) is 5.52. The number of likely N-dealkylation sites (tertiary alicyclic amines) is 1. The van der Waals surface area contributed by atoms with Gasteiger partial charge in [0.05, 0.1) is 19.6 Å². The van der Waals surface area contributed by atoms with Crippen molar-refractivity contribution in [3.63, 3.8) is 0 Å². The van der Waals surface area contributed by atoms with E-state index in [9.17, 15) is 9.59 Å². The standard InChI is InChI=1S/C18H25N5O2.HI/c1-2-19-17(20-9-11-23-16(24)12-21-18(23)25)22-10-8-15(13-22)14-6-4-3-5-7-14;/h3-7,15H,2,8-13H2,1H3,(H,19,20)(H,21,25);1H. The summed E-state index contributed by atoms with van der Waals surface area (Å²) in [5.41, 5.74) is 1.36. The smallest absolute Gasteiger partial charge is 0.324 e. The molecule has 2 fully saturated rings. The summed E-state index contributed by atoms with van der Waals surface area (Å²) in [4.78, 5) is 31.3. The van der Waals surface area contributed by atoms with Gasteiger partial charge in [-0.25, -0.2) is 4.79 Å². The van der Waals surface area contributed by atoms with Crippen molar-refractivity contribution in [3.05, 3.63) is 35.9 Å².